The number of halogens is 2. The van der Waals surface area contributed by atoms with Crippen molar-refractivity contribution < 1.29 is 23.9 Å². The van der Waals surface area contributed by atoms with Gasteiger partial charge in [0, 0.05) is 11.4 Å². The van der Waals surface area contributed by atoms with E-state index < -0.39 is 12.2 Å². The fourth-order valence-corrected chi connectivity index (χ4v) is 4.96. The first kappa shape index (κ1) is 31.3. The molecule has 40 heavy (non-hydrogen) atoms. The van der Waals surface area contributed by atoms with Crippen LogP contribution in [0.3, 0.4) is 0 Å². The molecule has 3 rings (SSSR count). The molecule has 2 aromatic carbocycles. The molecule has 0 radical (unpaired) electrons. The highest BCUT2D eigenvalue weighted by molar-refractivity contribution is 6.55. The third kappa shape index (κ3) is 7.92. The first-order valence-corrected chi connectivity index (χ1v) is 13.9. The smallest absolute Gasteiger partial charge is 0.411 e. The lowest BCUT2D eigenvalue weighted by molar-refractivity contribution is -0.134. The molecular formula is C30H37Cl2N3O5. The van der Waals surface area contributed by atoms with Gasteiger partial charge in [0.2, 0.25) is 5.91 Å². The summed E-state index contributed by atoms with van der Waals surface area (Å²) in [6, 6.07) is 11.2. The van der Waals surface area contributed by atoms with E-state index in [2.05, 4.69) is 10.6 Å². The number of carbonyl (C=O) groups is 3. The molecule has 8 nitrogen and oxygen atoms in total. The van der Waals surface area contributed by atoms with Gasteiger partial charge in [0.15, 0.2) is 0 Å². The molecule has 1 fully saturated rings. The second-order valence-corrected chi connectivity index (χ2v) is 11.6. The third-order valence-electron chi connectivity index (χ3n) is 7.67. The average Bonchev–Trinajstić information content (AvgIpc) is 3.41. The summed E-state index contributed by atoms with van der Waals surface area (Å²) in [6.07, 6.45) is 0.435. The number of benzene rings is 2. The summed E-state index contributed by atoms with van der Waals surface area (Å²) in [7, 11) is 0. The molecule has 216 valence electrons. The Morgan fingerprint density at radius 2 is 1.30 bits per heavy atom. The van der Waals surface area contributed by atoms with Gasteiger partial charge in [-0.05, 0) is 79.5 Å². The maximum Gasteiger partial charge on any atom is 0.411 e. The maximum absolute atomic E-state index is 13.5. The minimum absolute atomic E-state index is 0.0406. The van der Waals surface area contributed by atoms with E-state index in [4.69, 9.17) is 32.7 Å². The largest absolute Gasteiger partial charge is 0.447 e. The number of ether oxygens (including phenoxy) is 2. The highest BCUT2D eigenvalue weighted by atomic mass is 35.5. The van der Waals surface area contributed by atoms with Crippen LogP contribution in [0.1, 0.15) is 36.1 Å². The Hall–Kier alpha value is -3.23. The van der Waals surface area contributed by atoms with Crippen molar-refractivity contribution in [3.63, 3.8) is 0 Å². The van der Waals surface area contributed by atoms with Crippen LogP contribution in [0.5, 0.6) is 0 Å². The van der Waals surface area contributed by atoms with Crippen LogP contribution in [0.4, 0.5) is 21.0 Å². The van der Waals surface area contributed by atoms with Gasteiger partial charge >= 0.3 is 12.2 Å². The Balaban J connectivity index is 1.60. The van der Waals surface area contributed by atoms with Gasteiger partial charge in [0.25, 0.3) is 0 Å². The molecule has 0 aromatic heterocycles. The Kier molecular flexibility index (Phi) is 10.5. The second-order valence-electron chi connectivity index (χ2n) is 10.6. The van der Waals surface area contributed by atoms with Crippen LogP contribution in [-0.2, 0) is 14.3 Å². The highest BCUT2D eigenvalue weighted by Crippen LogP contribution is 2.60. The van der Waals surface area contributed by atoms with Crippen molar-refractivity contribution in [2.75, 3.05) is 36.9 Å². The summed E-state index contributed by atoms with van der Waals surface area (Å²) in [4.78, 5) is 39.9. The first-order chi connectivity index (χ1) is 18.8. The Bertz CT molecular complexity index is 1220. The van der Waals surface area contributed by atoms with E-state index in [1.165, 1.54) is 0 Å². The number of carbonyl (C=O) groups excluding carboxylic acids is 3. The van der Waals surface area contributed by atoms with Crippen molar-refractivity contribution in [3.05, 3.63) is 69.2 Å². The van der Waals surface area contributed by atoms with Crippen molar-refractivity contribution in [3.8, 4) is 0 Å². The predicted molar refractivity (Wildman–Crippen MR) is 159 cm³/mol. The normalized spacial score (nSPS) is 16.9. The molecule has 2 N–H and O–H groups in total. The third-order valence-corrected chi connectivity index (χ3v) is 7.92. The van der Waals surface area contributed by atoms with E-state index in [0.717, 1.165) is 22.3 Å². The number of nitrogens with one attached hydrogen (secondary N) is 2. The van der Waals surface area contributed by atoms with Crippen molar-refractivity contribution in [2.24, 2.45) is 17.3 Å². The zero-order chi connectivity index (χ0) is 29.6. The summed E-state index contributed by atoms with van der Waals surface area (Å²) < 4.78 is 10.9. The molecule has 1 aliphatic carbocycles. The number of anilines is 2. The second kappa shape index (κ2) is 13.4. The predicted octanol–water partition coefficient (Wildman–Crippen LogP) is 7.14. The van der Waals surface area contributed by atoms with Crippen LogP contribution in [0.25, 0.3) is 0 Å². The number of allylic oxidation sites excluding steroid dienone is 1. The monoisotopic (exact) mass is 589 g/mol. The molecule has 0 saturated heterocycles. The van der Waals surface area contributed by atoms with Gasteiger partial charge in [-0.2, -0.15) is 0 Å². The van der Waals surface area contributed by atoms with E-state index in [1.807, 2.05) is 65.8 Å². The van der Waals surface area contributed by atoms with Crippen LogP contribution in [0.2, 0.25) is 0 Å². The Labute approximate surface area is 246 Å². The van der Waals surface area contributed by atoms with Crippen LogP contribution >= 0.6 is 23.2 Å². The van der Waals surface area contributed by atoms with Crippen LogP contribution in [0.15, 0.2) is 47.0 Å². The Morgan fingerprint density at radius 1 is 0.850 bits per heavy atom. The number of nitrogens with zero attached hydrogens (tertiary/aromatic N) is 1. The van der Waals surface area contributed by atoms with Gasteiger partial charge in [0.1, 0.15) is 17.7 Å². The molecule has 10 heteroatoms. The number of amides is 3. The quantitative estimate of drug-likeness (QED) is 0.307. The zero-order valence-electron chi connectivity index (χ0n) is 23.8. The standard InChI is InChI=1S/C30H37Cl2N3O5/c1-18-9-7-11-23(20(18)3)33-28(37)39-15-13-35(27(36)26-22(17-25(31)32)30(26,5)6)14-16-40-29(38)34-24-12-8-10-19(2)21(24)4/h7-12,17,22,26H,13-16H2,1-6H3,(H,33,37)(H,34,38)/t22-,26-/m1/s1. The molecule has 2 aromatic rings. The Morgan fingerprint density at radius 3 is 1.73 bits per heavy atom. The van der Waals surface area contributed by atoms with Crippen molar-refractivity contribution >= 4 is 52.7 Å². The molecule has 3 amide bonds. The minimum Gasteiger partial charge on any atom is -0.447 e. The minimum atomic E-state index is -0.619. The average molecular weight is 591 g/mol. The molecule has 0 aliphatic heterocycles. The lowest BCUT2D eigenvalue weighted by Gasteiger charge is -2.23. The zero-order valence-corrected chi connectivity index (χ0v) is 25.3. The van der Waals surface area contributed by atoms with Crippen molar-refractivity contribution in [1.29, 1.82) is 0 Å². The van der Waals surface area contributed by atoms with Crippen molar-refractivity contribution in [2.45, 2.75) is 41.5 Å². The summed E-state index contributed by atoms with van der Waals surface area (Å²) in [5.41, 5.74) is 4.96. The van der Waals surface area contributed by atoms with Crippen LogP contribution < -0.4 is 10.6 Å². The van der Waals surface area contributed by atoms with Gasteiger partial charge in [0.05, 0.1) is 19.0 Å². The highest BCUT2D eigenvalue weighted by Gasteiger charge is 2.61. The van der Waals surface area contributed by atoms with Crippen LogP contribution in [0, 0.1) is 44.9 Å². The molecule has 0 bridgehead atoms. The maximum atomic E-state index is 13.5. The number of aryl methyl sites for hydroxylation is 2. The lowest BCUT2D eigenvalue weighted by atomic mass is 10.1. The molecule has 2 atom stereocenters. The molecule has 0 unspecified atom stereocenters. The topological polar surface area (TPSA) is 97.0 Å². The number of hydrogen-bond donors (Lipinski definition) is 2. The molecule has 1 aliphatic rings. The van der Waals surface area contributed by atoms with Gasteiger partial charge in [-0.3, -0.25) is 15.4 Å². The summed E-state index contributed by atoms with van der Waals surface area (Å²) in [5, 5.41) is 5.48. The van der Waals surface area contributed by atoms with Crippen LogP contribution in [-0.4, -0.2) is 49.3 Å². The first-order valence-electron chi connectivity index (χ1n) is 13.1. The van der Waals surface area contributed by atoms with E-state index in [0.29, 0.717) is 11.4 Å². The van der Waals surface area contributed by atoms with Gasteiger partial charge < -0.3 is 14.4 Å². The molecule has 0 spiro atoms. The van der Waals surface area contributed by atoms with Gasteiger partial charge in [-0.1, -0.05) is 61.3 Å². The summed E-state index contributed by atoms with van der Waals surface area (Å²) >= 11 is 11.7. The van der Waals surface area contributed by atoms with E-state index >= 15 is 0 Å². The molecule has 0 heterocycles. The fourth-order valence-electron chi connectivity index (χ4n) is 4.69. The summed E-state index contributed by atoms with van der Waals surface area (Å²) in [5.74, 6) is -0.639. The van der Waals surface area contributed by atoms with Crippen molar-refractivity contribution in [1.82, 2.24) is 4.90 Å². The van der Waals surface area contributed by atoms with Gasteiger partial charge in [-0.25, -0.2) is 9.59 Å². The van der Waals surface area contributed by atoms with E-state index in [-0.39, 0.29) is 54.0 Å². The number of hydrogen-bond acceptors (Lipinski definition) is 5. The fraction of sp³-hybridized carbons (Fsp3) is 0.433. The molecule has 1 saturated carbocycles. The summed E-state index contributed by atoms with van der Waals surface area (Å²) in [6.45, 7) is 11.8. The SMILES string of the molecule is Cc1cccc(NC(=O)OCCN(CCOC(=O)Nc2cccc(C)c2C)C(=O)[C@H]2[C@@H](C=C(Cl)Cl)C2(C)C)c1C. The lowest BCUT2D eigenvalue weighted by Crippen LogP contribution is -2.39. The number of rotatable bonds is 10. The van der Waals surface area contributed by atoms with E-state index in [1.54, 1.807) is 23.1 Å². The van der Waals surface area contributed by atoms with E-state index in [9.17, 15) is 14.4 Å². The van der Waals surface area contributed by atoms with Gasteiger partial charge in [-0.15, -0.1) is 0 Å². The molecular weight excluding hydrogens is 553 g/mol.